The first-order valence-corrected chi connectivity index (χ1v) is 22.8. The van der Waals surface area contributed by atoms with Crippen LogP contribution in [0.3, 0.4) is 0 Å². The van der Waals surface area contributed by atoms with Crippen LogP contribution in [0, 0.1) is 6.85 Å². The number of phenolic OH excluding ortho intramolecular Hbond substituents is 1. The number of aromatic nitrogens is 3. The maximum absolute atomic E-state index is 12.5. The number of benzene rings is 6. The van der Waals surface area contributed by atoms with E-state index in [4.69, 9.17) is 16.8 Å². The van der Waals surface area contributed by atoms with E-state index in [2.05, 4.69) is 111 Å². The summed E-state index contributed by atoms with van der Waals surface area (Å²) in [5.74, 6) is -1.42. The Balaban J connectivity index is 1.46. The molecule has 0 saturated carbocycles. The molecule has 332 valence electrons. The van der Waals surface area contributed by atoms with Crippen molar-refractivity contribution in [2.75, 3.05) is 0 Å². The number of aryl methyl sites for hydroxylation is 1. The van der Waals surface area contributed by atoms with Crippen LogP contribution in [-0.2, 0) is 16.2 Å². The van der Waals surface area contributed by atoms with E-state index in [0.717, 1.165) is 66.9 Å². The van der Waals surface area contributed by atoms with Crippen LogP contribution in [0.1, 0.15) is 142 Å². The number of hydrogen-bond donors (Lipinski definition) is 1. The highest BCUT2D eigenvalue weighted by Gasteiger charge is 2.29. The van der Waals surface area contributed by atoms with E-state index >= 15 is 0 Å². The first-order valence-electron chi connectivity index (χ1n) is 25.3. The number of para-hydroxylation sites is 1. The summed E-state index contributed by atoms with van der Waals surface area (Å²) in [7, 11) is 0. The predicted molar refractivity (Wildman–Crippen MR) is 277 cm³/mol. The molecule has 0 spiro atoms. The van der Waals surface area contributed by atoms with Crippen LogP contribution in [0.2, 0.25) is 0 Å². The molecule has 2 aromatic heterocycles. The number of nitrogens with zero attached hydrogens (tertiary/aromatic N) is 3. The second-order valence-electron chi connectivity index (χ2n) is 21.2. The van der Waals surface area contributed by atoms with Crippen molar-refractivity contribution in [3.8, 4) is 67.5 Å². The third-order valence-corrected chi connectivity index (χ3v) is 12.6. The molecule has 2 heterocycles. The number of fused-ring (bicyclic) bond motifs is 1. The molecule has 0 bridgehead atoms. The summed E-state index contributed by atoms with van der Waals surface area (Å²) < 4.78 is 47.2. The molecule has 0 saturated heterocycles. The first kappa shape index (κ1) is 39.1. The Kier molecular flexibility index (Phi) is 10.2. The van der Waals surface area contributed by atoms with Crippen molar-refractivity contribution in [1.29, 1.82) is 0 Å². The van der Waals surface area contributed by atoms with E-state index < -0.39 is 24.1 Å². The van der Waals surface area contributed by atoms with Crippen molar-refractivity contribution in [2.24, 2.45) is 0 Å². The fraction of sp³-hybridized carbons (Fsp3) is 0.311. The van der Waals surface area contributed by atoms with E-state index in [0.29, 0.717) is 33.7 Å². The largest absolute Gasteiger partial charge is 0.507 e. The smallest absolute Gasteiger partial charge is 0.149 e. The van der Waals surface area contributed by atoms with Crippen molar-refractivity contribution in [3.63, 3.8) is 0 Å². The number of hydrogen-bond acceptors (Lipinski definition) is 3. The molecule has 0 aliphatic heterocycles. The van der Waals surface area contributed by atoms with Crippen LogP contribution in [0.15, 0.2) is 134 Å². The summed E-state index contributed by atoms with van der Waals surface area (Å²) >= 11 is 0. The van der Waals surface area contributed by atoms with E-state index in [1.165, 1.54) is 0 Å². The van der Waals surface area contributed by atoms with Crippen molar-refractivity contribution in [1.82, 2.24) is 14.5 Å². The van der Waals surface area contributed by atoms with Gasteiger partial charge in [0.25, 0.3) is 0 Å². The molecule has 4 heteroatoms. The molecule has 0 fully saturated rings. The fourth-order valence-electron chi connectivity index (χ4n) is 8.61. The minimum atomic E-state index is -2.59. The van der Waals surface area contributed by atoms with Gasteiger partial charge in [-0.05, 0) is 139 Å². The lowest BCUT2D eigenvalue weighted by Crippen LogP contribution is -2.17. The zero-order chi connectivity index (χ0) is 51.1. The van der Waals surface area contributed by atoms with Crippen LogP contribution in [0.4, 0.5) is 0 Å². The Labute approximate surface area is 395 Å². The highest BCUT2D eigenvalue weighted by atomic mass is 16.3. The molecule has 6 aromatic carbocycles. The van der Waals surface area contributed by atoms with Gasteiger partial charge in [0.15, 0.2) is 0 Å². The molecular formula is C61H67N3O. The fourth-order valence-corrected chi connectivity index (χ4v) is 8.61. The second kappa shape index (κ2) is 16.9. The molecule has 65 heavy (non-hydrogen) atoms. The number of phenols is 1. The SMILES string of the molecule is [2H]C([2H])([2H])c1cc(-c2cc(C([2H])(C)C)cc(C([2H])(C)C)c2)ccc1-n1c(-c2cc(C(C)(C)C)cc(C(C)(C)C)c2O)nc2c(-c3cc(-c4cc(-c5ccccc5)ccn4)cc(C(C)(C)C)c3)cccc21. The normalized spacial score (nSPS) is 14.1. The van der Waals surface area contributed by atoms with Crippen molar-refractivity contribution < 1.29 is 12.0 Å². The van der Waals surface area contributed by atoms with Gasteiger partial charge in [-0.3, -0.25) is 9.55 Å². The molecule has 0 unspecified atom stereocenters. The van der Waals surface area contributed by atoms with Crippen LogP contribution >= 0.6 is 0 Å². The summed E-state index contributed by atoms with van der Waals surface area (Å²) in [6, 6.07) is 42.4. The Morgan fingerprint density at radius 1 is 0.554 bits per heavy atom. The number of aromatic hydroxyl groups is 1. The Morgan fingerprint density at radius 2 is 1.20 bits per heavy atom. The highest BCUT2D eigenvalue weighted by molar-refractivity contribution is 5.97. The average Bonchev–Trinajstić information content (AvgIpc) is 3.66. The molecule has 0 aliphatic carbocycles. The molecular weight excluding hydrogens is 791 g/mol. The van der Waals surface area contributed by atoms with Gasteiger partial charge in [-0.1, -0.05) is 169 Å². The van der Waals surface area contributed by atoms with Crippen molar-refractivity contribution >= 4 is 11.0 Å². The van der Waals surface area contributed by atoms with Crippen LogP contribution in [0.25, 0.3) is 72.7 Å². The summed E-state index contributed by atoms with van der Waals surface area (Å²) in [5, 5.41) is 12.5. The minimum absolute atomic E-state index is 0.0902. The lowest BCUT2D eigenvalue weighted by Gasteiger charge is -2.27. The van der Waals surface area contributed by atoms with E-state index in [9.17, 15) is 5.11 Å². The topological polar surface area (TPSA) is 50.9 Å². The van der Waals surface area contributed by atoms with Gasteiger partial charge >= 0.3 is 0 Å². The summed E-state index contributed by atoms with van der Waals surface area (Å²) in [4.78, 5) is 10.4. The maximum atomic E-state index is 12.5. The highest BCUT2D eigenvalue weighted by Crippen LogP contribution is 2.45. The van der Waals surface area contributed by atoms with Gasteiger partial charge in [0.1, 0.15) is 11.6 Å². The van der Waals surface area contributed by atoms with Gasteiger partial charge in [0.05, 0.1) is 28.0 Å². The van der Waals surface area contributed by atoms with Gasteiger partial charge in [0, 0.05) is 29.7 Å². The quantitative estimate of drug-likeness (QED) is 0.166. The third-order valence-electron chi connectivity index (χ3n) is 12.6. The van der Waals surface area contributed by atoms with Crippen molar-refractivity contribution in [2.45, 2.75) is 125 Å². The number of rotatable bonds is 8. The molecule has 0 aliphatic rings. The van der Waals surface area contributed by atoms with E-state index in [1.807, 2.05) is 111 Å². The molecule has 8 aromatic rings. The molecule has 1 N–H and O–H groups in total. The van der Waals surface area contributed by atoms with Crippen LogP contribution in [-0.4, -0.2) is 19.6 Å². The summed E-state index contributed by atoms with van der Waals surface area (Å²) in [6.07, 6.45) is 1.86. The van der Waals surface area contributed by atoms with Gasteiger partial charge in [-0.25, -0.2) is 4.98 Å². The van der Waals surface area contributed by atoms with Crippen LogP contribution < -0.4 is 0 Å². The predicted octanol–water partition coefficient (Wildman–Crippen LogP) is 16.9. The van der Waals surface area contributed by atoms with Gasteiger partial charge in [0.2, 0.25) is 0 Å². The summed E-state index contributed by atoms with van der Waals surface area (Å²) in [5.41, 5.74) is 12.8. The second-order valence-corrected chi connectivity index (χ2v) is 21.2. The molecule has 0 radical (unpaired) electrons. The Hall–Kier alpha value is -6.26. The summed E-state index contributed by atoms with van der Waals surface area (Å²) in [6.45, 7) is 24.0. The van der Waals surface area contributed by atoms with E-state index in [1.54, 1.807) is 6.07 Å². The van der Waals surface area contributed by atoms with Gasteiger partial charge < -0.3 is 5.11 Å². The van der Waals surface area contributed by atoms with Crippen LogP contribution in [0.5, 0.6) is 5.75 Å². The number of imidazole rings is 1. The lowest BCUT2D eigenvalue weighted by atomic mass is 9.79. The average molecular weight is 863 g/mol. The Bertz CT molecular complexity index is 3240. The maximum Gasteiger partial charge on any atom is 0.149 e. The zero-order valence-corrected chi connectivity index (χ0v) is 40.5. The Morgan fingerprint density at radius 3 is 1.83 bits per heavy atom. The third kappa shape index (κ3) is 9.06. The van der Waals surface area contributed by atoms with E-state index in [-0.39, 0.29) is 22.1 Å². The standard InChI is InChI=1S/C61H67N3O/c1-37(2)43-28-44(38(3)4)30-45(29-43)41-23-24-54(39(5)27-41)64-55-22-18-21-50(56(55)63-58(64)51-35-49(60(9,10)11)36-52(57(51)65)61(12,13)14)46-31-47(33-48(32-46)59(6,7)8)53-34-42(25-26-62-53)40-19-16-15-17-20-40/h15-38,65H,1-14H3/i5D3,37D,38D. The van der Waals surface area contributed by atoms with Crippen molar-refractivity contribution in [3.05, 3.63) is 167 Å². The molecule has 8 rings (SSSR count). The zero-order valence-electron chi connectivity index (χ0n) is 45.5. The van der Waals surface area contributed by atoms with Gasteiger partial charge in [-0.15, -0.1) is 0 Å². The molecule has 4 nitrogen and oxygen atoms in total. The molecule has 0 atom stereocenters. The minimum Gasteiger partial charge on any atom is -0.507 e. The first-order chi connectivity index (χ1) is 32.4. The number of pyridine rings is 1. The lowest BCUT2D eigenvalue weighted by molar-refractivity contribution is 0.446. The van der Waals surface area contributed by atoms with Gasteiger partial charge in [-0.2, -0.15) is 0 Å². The monoisotopic (exact) mass is 863 g/mol. The molecule has 0 amide bonds.